The topological polar surface area (TPSA) is 66.5 Å². The quantitative estimate of drug-likeness (QED) is 0.582. The molecule has 0 unspecified atom stereocenters. The second-order valence-corrected chi connectivity index (χ2v) is 9.49. The van der Waals surface area contributed by atoms with Crippen LogP contribution < -0.4 is 9.62 Å². The van der Waals surface area contributed by atoms with Crippen LogP contribution in [0.2, 0.25) is 10.0 Å². The van der Waals surface area contributed by atoms with Gasteiger partial charge in [-0.1, -0.05) is 34.9 Å². The van der Waals surface area contributed by atoms with Gasteiger partial charge in [-0.2, -0.15) is 0 Å². The van der Waals surface area contributed by atoms with Crippen molar-refractivity contribution in [2.24, 2.45) is 0 Å². The maximum atomic E-state index is 12.1. The molecule has 0 heterocycles. The predicted octanol–water partition coefficient (Wildman–Crippen LogP) is 4.55. The van der Waals surface area contributed by atoms with Gasteiger partial charge in [-0.05, 0) is 56.7 Å². The second kappa shape index (κ2) is 10.3. The number of carbonyl (C=O) groups is 1. The Morgan fingerprint density at radius 3 is 2.70 bits per heavy atom. The van der Waals surface area contributed by atoms with E-state index in [0.717, 1.165) is 25.5 Å². The summed E-state index contributed by atoms with van der Waals surface area (Å²) in [6.07, 6.45) is 9.66. The van der Waals surface area contributed by atoms with Crippen LogP contribution in [0.3, 0.4) is 0 Å². The van der Waals surface area contributed by atoms with E-state index in [1.165, 1.54) is 28.8 Å². The minimum atomic E-state index is -3.54. The molecule has 1 aromatic carbocycles. The fraction of sp³-hybridized carbons (Fsp3) is 0.526. The van der Waals surface area contributed by atoms with Crippen LogP contribution in [0, 0.1) is 0 Å². The molecular weight excluding hydrogens is 407 g/mol. The third-order valence-electron chi connectivity index (χ3n) is 4.50. The zero-order valence-corrected chi connectivity index (χ0v) is 17.8. The van der Waals surface area contributed by atoms with Gasteiger partial charge >= 0.3 is 0 Å². The molecule has 1 aliphatic carbocycles. The molecule has 0 saturated heterocycles. The van der Waals surface area contributed by atoms with Gasteiger partial charge in [-0.15, -0.1) is 0 Å². The Hall–Kier alpha value is -1.24. The largest absolute Gasteiger partial charge is 0.356 e. The molecule has 0 spiro atoms. The van der Waals surface area contributed by atoms with Gasteiger partial charge in [0, 0.05) is 24.5 Å². The normalized spacial score (nSPS) is 14.6. The molecule has 0 radical (unpaired) electrons. The number of benzene rings is 1. The van der Waals surface area contributed by atoms with Crippen LogP contribution in [0.5, 0.6) is 0 Å². The number of anilines is 1. The molecule has 0 atom stereocenters. The Balaban J connectivity index is 1.84. The Morgan fingerprint density at radius 2 is 2.04 bits per heavy atom. The van der Waals surface area contributed by atoms with Gasteiger partial charge in [-0.25, -0.2) is 8.42 Å². The number of amides is 1. The Bertz CT molecular complexity index is 794. The van der Waals surface area contributed by atoms with Crippen molar-refractivity contribution < 1.29 is 13.2 Å². The number of allylic oxidation sites excluding steroid dienone is 1. The SMILES string of the molecule is CS(=O)(=O)N(CCCC(=O)NCCC1=CCCCC1)c1cc(Cl)ccc1Cl. The summed E-state index contributed by atoms with van der Waals surface area (Å²) in [5.41, 5.74) is 1.75. The van der Waals surface area contributed by atoms with Gasteiger partial charge in [0.25, 0.3) is 0 Å². The summed E-state index contributed by atoms with van der Waals surface area (Å²) >= 11 is 12.1. The maximum absolute atomic E-state index is 12.1. The summed E-state index contributed by atoms with van der Waals surface area (Å²) in [6, 6.07) is 4.68. The van der Waals surface area contributed by atoms with E-state index in [0.29, 0.717) is 28.7 Å². The predicted molar refractivity (Wildman–Crippen MR) is 112 cm³/mol. The zero-order valence-electron chi connectivity index (χ0n) is 15.5. The minimum Gasteiger partial charge on any atom is -0.356 e. The summed E-state index contributed by atoms with van der Waals surface area (Å²) in [7, 11) is -3.54. The summed E-state index contributed by atoms with van der Waals surface area (Å²) in [4.78, 5) is 12.0. The van der Waals surface area contributed by atoms with Gasteiger partial charge in [0.15, 0.2) is 0 Å². The van der Waals surface area contributed by atoms with Crippen LogP contribution >= 0.6 is 23.2 Å². The molecule has 0 fully saturated rings. The number of hydrogen-bond acceptors (Lipinski definition) is 3. The molecule has 2 rings (SSSR count). The van der Waals surface area contributed by atoms with E-state index in [4.69, 9.17) is 23.2 Å². The first-order valence-electron chi connectivity index (χ1n) is 9.15. The van der Waals surface area contributed by atoms with Crippen molar-refractivity contribution in [3.05, 3.63) is 39.9 Å². The number of halogens is 2. The number of sulfonamides is 1. The van der Waals surface area contributed by atoms with Gasteiger partial charge in [-0.3, -0.25) is 9.10 Å². The number of hydrogen-bond donors (Lipinski definition) is 1. The molecule has 0 aliphatic heterocycles. The van der Waals surface area contributed by atoms with Crippen LogP contribution in [0.1, 0.15) is 44.9 Å². The summed E-state index contributed by atoms with van der Waals surface area (Å²) < 4.78 is 25.5. The van der Waals surface area contributed by atoms with Crippen molar-refractivity contribution in [2.45, 2.75) is 44.9 Å². The molecule has 8 heteroatoms. The standard InChI is InChI=1S/C19H26Cl2N2O3S/c1-27(25,26)23(18-14-16(20)9-10-17(18)21)13-5-8-19(24)22-12-11-15-6-3-2-4-7-15/h6,9-10,14H,2-5,7-8,11-13H2,1H3,(H,22,24). The van der Waals surface area contributed by atoms with Crippen LogP contribution in [0.25, 0.3) is 0 Å². The van der Waals surface area contributed by atoms with E-state index in [-0.39, 0.29) is 18.9 Å². The lowest BCUT2D eigenvalue weighted by Gasteiger charge is -2.23. The first-order chi connectivity index (χ1) is 12.8. The smallest absolute Gasteiger partial charge is 0.232 e. The van der Waals surface area contributed by atoms with Crippen LogP contribution in [-0.4, -0.2) is 33.7 Å². The second-order valence-electron chi connectivity index (χ2n) is 6.74. The highest BCUT2D eigenvalue weighted by Crippen LogP contribution is 2.30. The monoisotopic (exact) mass is 432 g/mol. The van der Waals surface area contributed by atoms with Crippen molar-refractivity contribution in [2.75, 3.05) is 23.7 Å². The highest BCUT2D eigenvalue weighted by atomic mass is 35.5. The van der Waals surface area contributed by atoms with E-state index in [1.54, 1.807) is 12.1 Å². The lowest BCUT2D eigenvalue weighted by Crippen LogP contribution is -2.32. The molecule has 0 aromatic heterocycles. The number of nitrogens with zero attached hydrogens (tertiary/aromatic N) is 1. The molecule has 27 heavy (non-hydrogen) atoms. The zero-order chi connectivity index (χ0) is 19.9. The van der Waals surface area contributed by atoms with E-state index in [1.807, 2.05) is 0 Å². The molecule has 0 saturated carbocycles. The van der Waals surface area contributed by atoms with Crippen molar-refractivity contribution in [1.29, 1.82) is 0 Å². The average Bonchev–Trinajstić information content (AvgIpc) is 2.61. The molecule has 1 aliphatic rings. The van der Waals surface area contributed by atoms with Crippen molar-refractivity contribution in [1.82, 2.24) is 5.32 Å². The van der Waals surface area contributed by atoms with Crippen molar-refractivity contribution >= 4 is 44.8 Å². The van der Waals surface area contributed by atoms with Crippen molar-refractivity contribution in [3.8, 4) is 0 Å². The number of carbonyl (C=O) groups excluding carboxylic acids is 1. The van der Waals surface area contributed by atoms with Gasteiger partial charge in [0.2, 0.25) is 15.9 Å². The molecule has 1 amide bonds. The Kier molecular flexibility index (Phi) is 8.45. The fourth-order valence-electron chi connectivity index (χ4n) is 3.11. The van der Waals surface area contributed by atoms with Crippen LogP contribution in [0.15, 0.2) is 29.8 Å². The van der Waals surface area contributed by atoms with Gasteiger partial charge in [0.05, 0.1) is 17.0 Å². The first kappa shape index (κ1) is 22.1. The summed E-state index contributed by atoms with van der Waals surface area (Å²) in [6.45, 7) is 0.790. The fourth-order valence-corrected chi connectivity index (χ4v) is 4.51. The van der Waals surface area contributed by atoms with Gasteiger partial charge < -0.3 is 5.32 Å². The molecule has 1 aromatic rings. The van der Waals surface area contributed by atoms with Crippen LogP contribution in [0.4, 0.5) is 5.69 Å². The summed E-state index contributed by atoms with van der Waals surface area (Å²) in [5, 5.41) is 3.61. The lowest BCUT2D eigenvalue weighted by molar-refractivity contribution is -0.121. The maximum Gasteiger partial charge on any atom is 0.232 e. The van der Waals surface area contributed by atoms with E-state index >= 15 is 0 Å². The molecule has 5 nitrogen and oxygen atoms in total. The van der Waals surface area contributed by atoms with Crippen molar-refractivity contribution in [3.63, 3.8) is 0 Å². The van der Waals surface area contributed by atoms with Gasteiger partial charge in [0.1, 0.15) is 0 Å². The summed E-state index contributed by atoms with van der Waals surface area (Å²) in [5.74, 6) is -0.0722. The lowest BCUT2D eigenvalue weighted by atomic mass is 9.97. The third-order valence-corrected chi connectivity index (χ3v) is 6.23. The Morgan fingerprint density at radius 1 is 1.26 bits per heavy atom. The highest BCUT2D eigenvalue weighted by molar-refractivity contribution is 7.92. The molecular formula is C19H26Cl2N2O3S. The average molecular weight is 433 g/mol. The first-order valence-corrected chi connectivity index (χ1v) is 11.7. The van der Waals surface area contributed by atoms with E-state index < -0.39 is 10.0 Å². The molecule has 0 bridgehead atoms. The highest BCUT2D eigenvalue weighted by Gasteiger charge is 2.20. The van der Waals surface area contributed by atoms with E-state index in [2.05, 4.69) is 11.4 Å². The molecule has 1 N–H and O–H groups in total. The number of rotatable bonds is 9. The molecule has 150 valence electrons. The minimum absolute atomic E-state index is 0.0722. The third kappa shape index (κ3) is 7.35. The van der Waals surface area contributed by atoms with Crippen LogP contribution in [-0.2, 0) is 14.8 Å². The number of nitrogens with one attached hydrogen (secondary N) is 1. The Labute approximate surface area is 171 Å². The van der Waals surface area contributed by atoms with E-state index in [9.17, 15) is 13.2 Å².